The van der Waals surface area contributed by atoms with Crippen molar-refractivity contribution in [1.82, 2.24) is 9.97 Å². The average Bonchev–Trinajstić information content (AvgIpc) is 2.57. The lowest BCUT2D eigenvalue weighted by atomic mass is 10.3. The van der Waals surface area contributed by atoms with E-state index in [-0.39, 0.29) is 7.86 Å². The summed E-state index contributed by atoms with van der Waals surface area (Å²) in [6.45, 7) is 0. The summed E-state index contributed by atoms with van der Waals surface area (Å²) in [6, 6.07) is 7.92. The smallest absolute Gasteiger partial charge is 0.154 e. The molecule has 1 atom stereocenters. The summed E-state index contributed by atoms with van der Waals surface area (Å²) in [5, 5.41) is 1.98. The summed E-state index contributed by atoms with van der Waals surface area (Å²) in [4.78, 5) is 9.08. The molecule has 0 amide bonds. The molecule has 1 aromatic heterocycles. The molecule has 0 aliphatic carbocycles. The SMILES string of the molecule is IS1=NSc2nc3ccccc3nc21. The van der Waals surface area contributed by atoms with Crippen LogP contribution in [0.3, 0.4) is 0 Å². The molecule has 0 radical (unpaired) electrons. The Morgan fingerprint density at radius 1 is 1.14 bits per heavy atom. The van der Waals surface area contributed by atoms with E-state index in [0.717, 1.165) is 21.1 Å². The van der Waals surface area contributed by atoms with Crippen molar-refractivity contribution in [3.05, 3.63) is 24.3 Å². The van der Waals surface area contributed by atoms with Crippen molar-refractivity contribution in [3.63, 3.8) is 0 Å². The van der Waals surface area contributed by atoms with E-state index in [4.69, 9.17) is 0 Å². The standard InChI is InChI=1S/C8H4IN3S2/c9-14-8-7(13-12-14)10-5-3-1-2-4-6(5)11-8/h1-4H. The molecular formula is C8H4IN3S2. The first-order valence-electron chi connectivity index (χ1n) is 3.90. The third kappa shape index (κ3) is 1.36. The van der Waals surface area contributed by atoms with Crippen LogP contribution in [0.1, 0.15) is 0 Å². The summed E-state index contributed by atoms with van der Waals surface area (Å²) in [5.41, 5.74) is 1.90. The van der Waals surface area contributed by atoms with Crippen LogP contribution in [0.25, 0.3) is 11.0 Å². The first-order valence-corrected chi connectivity index (χ1v) is 8.40. The van der Waals surface area contributed by atoms with E-state index in [1.807, 2.05) is 24.3 Å². The molecule has 3 nitrogen and oxygen atoms in total. The van der Waals surface area contributed by atoms with Crippen molar-refractivity contribution in [1.29, 1.82) is 0 Å². The van der Waals surface area contributed by atoms with Gasteiger partial charge in [0.25, 0.3) is 0 Å². The normalized spacial score (nSPS) is 19.4. The fourth-order valence-electron chi connectivity index (χ4n) is 1.24. The Bertz CT molecular complexity index is 555. The van der Waals surface area contributed by atoms with Crippen molar-refractivity contribution >= 4 is 52.0 Å². The highest BCUT2D eigenvalue weighted by Crippen LogP contribution is 2.36. The Morgan fingerprint density at radius 2 is 1.86 bits per heavy atom. The van der Waals surface area contributed by atoms with Crippen molar-refractivity contribution < 1.29 is 0 Å². The first-order chi connectivity index (χ1) is 6.84. The van der Waals surface area contributed by atoms with Gasteiger partial charge in [-0.15, -0.1) is 0 Å². The van der Waals surface area contributed by atoms with E-state index in [2.05, 4.69) is 34.9 Å². The van der Waals surface area contributed by atoms with Crippen LogP contribution in [0, 0.1) is 0 Å². The number of nitrogens with zero attached hydrogens (tertiary/aromatic N) is 3. The molecule has 0 N–H and O–H groups in total. The van der Waals surface area contributed by atoms with E-state index in [1.165, 1.54) is 11.9 Å². The van der Waals surface area contributed by atoms with E-state index in [1.54, 1.807) is 0 Å². The predicted molar refractivity (Wildman–Crippen MR) is 67.5 cm³/mol. The minimum Gasteiger partial charge on any atom is -0.235 e. The van der Waals surface area contributed by atoms with Gasteiger partial charge in [0.15, 0.2) is 10.1 Å². The molecule has 1 aliphatic rings. The summed E-state index contributed by atoms with van der Waals surface area (Å²) in [6.07, 6.45) is 0. The molecule has 3 rings (SSSR count). The monoisotopic (exact) mass is 333 g/mol. The maximum Gasteiger partial charge on any atom is 0.154 e. The van der Waals surface area contributed by atoms with Crippen molar-refractivity contribution in [2.75, 3.05) is 0 Å². The highest BCUT2D eigenvalue weighted by Gasteiger charge is 2.17. The minimum absolute atomic E-state index is 0.119. The second kappa shape index (κ2) is 3.42. The second-order valence-corrected chi connectivity index (χ2v) is 7.26. The van der Waals surface area contributed by atoms with Gasteiger partial charge in [-0.05, 0) is 12.1 Å². The average molecular weight is 333 g/mol. The van der Waals surface area contributed by atoms with Crippen LogP contribution < -0.4 is 0 Å². The molecule has 0 saturated heterocycles. The third-order valence-corrected chi connectivity index (χ3v) is 6.57. The van der Waals surface area contributed by atoms with Crippen LogP contribution in [0.5, 0.6) is 0 Å². The van der Waals surface area contributed by atoms with Crippen LogP contribution in [0.4, 0.5) is 0 Å². The Hall–Kier alpha value is -0.210. The quantitative estimate of drug-likeness (QED) is 0.549. The van der Waals surface area contributed by atoms with E-state index in [0.29, 0.717) is 0 Å². The van der Waals surface area contributed by atoms with E-state index in [9.17, 15) is 0 Å². The van der Waals surface area contributed by atoms with Crippen LogP contribution in [-0.2, 0) is 7.86 Å². The molecule has 0 bridgehead atoms. The Labute approximate surface area is 99.5 Å². The minimum atomic E-state index is -0.119. The zero-order valence-corrected chi connectivity index (χ0v) is 10.6. The molecule has 0 fully saturated rings. The van der Waals surface area contributed by atoms with Gasteiger partial charge in [-0.1, -0.05) is 12.1 Å². The lowest BCUT2D eigenvalue weighted by Gasteiger charge is -1.99. The molecule has 70 valence electrons. The second-order valence-electron chi connectivity index (χ2n) is 2.73. The fraction of sp³-hybridized carbons (Fsp3) is 0. The van der Waals surface area contributed by atoms with Gasteiger partial charge in [0.1, 0.15) is 0 Å². The van der Waals surface area contributed by atoms with Crippen LogP contribution >= 0.6 is 33.2 Å². The highest BCUT2D eigenvalue weighted by atomic mass is 127. The molecule has 2 aromatic rings. The third-order valence-electron chi connectivity index (χ3n) is 1.86. The number of aromatic nitrogens is 2. The van der Waals surface area contributed by atoms with Gasteiger partial charge in [0.05, 0.1) is 11.0 Å². The topological polar surface area (TPSA) is 38.1 Å². The van der Waals surface area contributed by atoms with Gasteiger partial charge in [-0.2, -0.15) is 3.77 Å². The van der Waals surface area contributed by atoms with Crippen LogP contribution in [0.2, 0.25) is 0 Å². The van der Waals surface area contributed by atoms with E-state index < -0.39 is 0 Å². The van der Waals surface area contributed by atoms with Crippen molar-refractivity contribution in [2.45, 2.75) is 10.1 Å². The molecule has 14 heavy (non-hydrogen) atoms. The van der Waals surface area contributed by atoms with Gasteiger partial charge in [-0.3, -0.25) is 0 Å². The van der Waals surface area contributed by atoms with Crippen LogP contribution in [-0.4, -0.2) is 9.97 Å². The Balaban J connectivity index is 2.37. The lowest BCUT2D eigenvalue weighted by Crippen LogP contribution is -1.91. The van der Waals surface area contributed by atoms with Gasteiger partial charge < -0.3 is 0 Å². The largest absolute Gasteiger partial charge is 0.235 e. The molecule has 1 unspecified atom stereocenters. The number of rotatable bonds is 0. The number of fused-ring (bicyclic) bond motifs is 2. The van der Waals surface area contributed by atoms with E-state index >= 15 is 0 Å². The molecule has 0 spiro atoms. The molecule has 2 heterocycles. The van der Waals surface area contributed by atoms with Gasteiger partial charge >= 0.3 is 0 Å². The summed E-state index contributed by atoms with van der Waals surface area (Å²) < 4.78 is 4.33. The maximum absolute atomic E-state index is 4.56. The van der Waals surface area contributed by atoms with Gasteiger partial charge in [0, 0.05) is 41.0 Å². The van der Waals surface area contributed by atoms with Gasteiger partial charge in [0.2, 0.25) is 0 Å². The highest BCUT2D eigenvalue weighted by molar-refractivity contribution is 14.2. The maximum atomic E-state index is 4.56. The predicted octanol–water partition coefficient (Wildman–Crippen LogP) is 3.16. The van der Waals surface area contributed by atoms with Gasteiger partial charge in [-0.25, -0.2) is 9.97 Å². The number of halogens is 1. The van der Waals surface area contributed by atoms with Crippen molar-refractivity contribution in [2.24, 2.45) is 3.77 Å². The fourth-order valence-corrected chi connectivity index (χ4v) is 5.13. The number of hydrogen-bond donors (Lipinski definition) is 0. The Kier molecular flexibility index (Phi) is 2.21. The number of hydrogen-bond acceptors (Lipinski definition) is 4. The molecule has 0 saturated carbocycles. The summed E-state index contributed by atoms with van der Waals surface area (Å²) >= 11 is 3.74. The first kappa shape index (κ1) is 9.05. The summed E-state index contributed by atoms with van der Waals surface area (Å²) in [5.74, 6) is 0. The molecule has 6 heteroatoms. The number of benzene rings is 1. The lowest BCUT2D eigenvalue weighted by molar-refractivity contribution is 0.979. The number of para-hydroxylation sites is 2. The molecule has 1 aromatic carbocycles. The zero-order chi connectivity index (χ0) is 9.54. The van der Waals surface area contributed by atoms with Crippen LogP contribution in [0.15, 0.2) is 38.1 Å². The molecule has 1 aliphatic heterocycles. The Morgan fingerprint density at radius 3 is 2.64 bits per heavy atom. The zero-order valence-electron chi connectivity index (χ0n) is 6.85. The summed E-state index contributed by atoms with van der Waals surface area (Å²) in [7, 11) is -0.119. The molecular weight excluding hydrogens is 329 g/mol. The van der Waals surface area contributed by atoms with Crippen molar-refractivity contribution in [3.8, 4) is 0 Å².